The Morgan fingerprint density at radius 1 is 1.08 bits per heavy atom. The number of hydrogen-bond donors (Lipinski definition) is 1. The van der Waals surface area contributed by atoms with Crippen LogP contribution in [0.25, 0.3) is 0 Å². The molecule has 2 aliphatic heterocycles. The summed E-state index contributed by atoms with van der Waals surface area (Å²) in [4.78, 5) is 26.6. The molecule has 0 aliphatic carbocycles. The van der Waals surface area contributed by atoms with Gasteiger partial charge in [0.2, 0.25) is 10.8 Å². The molecular weight excluding hydrogens is 320 g/mol. The summed E-state index contributed by atoms with van der Waals surface area (Å²) in [5.41, 5.74) is 4.68. The van der Waals surface area contributed by atoms with E-state index in [9.17, 15) is 9.59 Å². The van der Waals surface area contributed by atoms with Gasteiger partial charge in [-0.2, -0.15) is 0 Å². The molecule has 2 aromatic rings. The molecule has 2 unspecified atom stereocenters. The fourth-order valence-corrected chi connectivity index (χ4v) is 4.91. The van der Waals surface area contributed by atoms with Gasteiger partial charge in [-0.3, -0.25) is 14.5 Å². The predicted molar refractivity (Wildman–Crippen MR) is 97.2 cm³/mol. The highest BCUT2D eigenvalue weighted by atomic mass is 32.2. The SMILES string of the molecule is Cc1ccc(N2C(=O)C(C)SC23C(=O)Nc2ccccc23)cc1C. The van der Waals surface area contributed by atoms with E-state index in [0.717, 1.165) is 28.1 Å². The van der Waals surface area contributed by atoms with Crippen molar-refractivity contribution in [1.29, 1.82) is 0 Å². The van der Waals surface area contributed by atoms with Crippen molar-refractivity contribution in [3.63, 3.8) is 0 Å². The summed E-state index contributed by atoms with van der Waals surface area (Å²) in [6.45, 7) is 5.92. The maximum absolute atomic E-state index is 13.0. The van der Waals surface area contributed by atoms with Gasteiger partial charge in [-0.05, 0) is 50.1 Å². The number of benzene rings is 2. The molecule has 0 saturated carbocycles. The molecule has 1 fully saturated rings. The summed E-state index contributed by atoms with van der Waals surface area (Å²) in [6, 6.07) is 13.5. The number of para-hydroxylation sites is 1. The van der Waals surface area contributed by atoms with Crippen LogP contribution < -0.4 is 10.2 Å². The molecule has 24 heavy (non-hydrogen) atoms. The van der Waals surface area contributed by atoms with E-state index >= 15 is 0 Å². The fraction of sp³-hybridized carbons (Fsp3) is 0.263. The van der Waals surface area contributed by atoms with Crippen LogP contribution in [0.15, 0.2) is 42.5 Å². The van der Waals surface area contributed by atoms with Gasteiger partial charge in [0.25, 0.3) is 5.91 Å². The fourth-order valence-electron chi connectivity index (χ4n) is 3.43. The minimum absolute atomic E-state index is 0.0323. The summed E-state index contributed by atoms with van der Waals surface area (Å²) in [5.74, 6) is -0.181. The maximum atomic E-state index is 13.0. The lowest BCUT2D eigenvalue weighted by molar-refractivity contribution is -0.122. The first-order valence-electron chi connectivity index (χ1n) is 7.95. The third-order valence-corrected chi connectivity index (χ3v) is 6.31. The van der Waals surface area contributed by atoms with E-state index in [2.05, 4.69) is 5.32 Å². The number of fused-ring (bicyclic) bond motifs is 2. The van der Waals surface area contributed by atoms with Crippen LogP contribution in [0.1, 0.15) is 23.6 Å². The molecule has 4 rings (SSSR count). The highest BCUT2D eigenvalue weighted by Crippen LogP contribution is 2.55. The molecule has 4 nitrogen and oxygen atoms in total. The Balaban J connectivity index is 1.95. The second-order valence-corrected chi connectivity index (χ2v) is 7.88. The Morgan fingerprint density at radius 3 is 2.58 bits per heavy atom. The van der Waals surface area contributed by atoms with Crippen molar-refractivity contribution in [3.8, 4) is 0 Å². The molecule has 2 heterocycles. The Labute approximate surface area is 145 Å². The zero-order valence-electron chi connectivity index (χ0n) is 13.8. The lowest BCUT2D eigenvalue weighted by atomic mass is 10.0. The lowest BCUT2D eigenvalue weighted by Crippen LogP contribution is -2.47. The van der Waals surface area contributed by atoms with Crippen molar-refractivity contribution in [2.75, 3.05) is 10.2 Å². The van der Waals surface area contributed by atoms with Crippen molar-refractivity contribution >= 4 is 35.0 Å². The summed E-state index contributed by atoms with van der Waals surface area (Å²) < 4.78 is 0. The molecule has 5 heteroatoms. The van der Waals surface area contributed by atoms with Gasteiger partial charge in [-0.15, -0.1) is 11.8 Å². The van der Waals surface area contributed by atoms with Crippen LogP contribution in [0.3, 0.4) is 0 Å². The van der Waals surface area contributed by atoms with E-state index in [4.69, 9.17) is 0 Å². The second kappa shape index (κ2) is 5.11. The van der Waals surface area contributed by atoms with E-state index in [0.29, 0.717) is 0 Å². The number of hydrogen-bond acceptors (Lipinski definition) is 3. The Kier molecular flexibility index (Phi) is 3.25. The van der Waals surface area contributed by atoms with Gasteiger partial charge in [0.05, 0.1) is 5.25 Å². The van der Waals surface area contributed by atoms with Crippen LogP contribution in [-0.4, -0.2) is 17.1 Å². The van der Waals surface area contributed by atoms with Crippen LogP contribution in [0.4, 0.5) is 11.4 Å². The van der Waals surface area contributed by atoms with E-state index in [-0.39, 0.29) is 17.1 Å². The number of anilines is 2. The molecular formula is C19H18N2O2S. The number of thioether (sulfide) groups is 1. The molecule has 2 aromatic carbocycles. The first-order valence-corrected chi connectivity index (χ1v) is 8.83. The minimum atomic E-state index is -1.02. The second-order valence-electron chi connectivity index (χ2n) is 6.35. The molecule has 122 valence electrons. The van der Waals surface area contributed by atoms with Crippen LogP contribution in [0.2, 0.25) is 0 Å². The molecule has 0 aromatic heterocycles. The van der Waals surface area contributed by atoms with E-state index < -0.39 is 4.87 Å². The molecule has 1 saturated heterocycles. The third-order valence-electron chi connectivity index (χ3n) is 4.83. The van der Waals surface area contributed by atoms with Crippen molar-refractivity contribution in [3.05, 3.63) is 59.2 Å². The smallest absolute Gasteiger partial charge is 0.266 e. The summed E-state index contributed by atoms with van der Waals surface area (Å²) in [6.07, 6.45) is 0. The van der Waals surface area contributed by atoms with Crippen molar-refractivity contribution in [1.82, 2.24) is 0 Å². The maximum Gasteiger partial charge on any atom is 0.266 e. The average molecular weight is 338 g/mol. The standard InChI is InChI=1S/C19H18N2O2S/c1-11-8-9-14(10-12(11)2)21-17(22)13(3)24-19(21)15-6-4-5-7-16(15)20-18(19)23/h4-10,13H,1-3H3,(H,20,23). The van der Waals surface area contributed by atoms with Gasteiger partial charge in [-0.25, -0.2) is 0 Å². The van der Waals surface area contributed by atoms with Gasteiger partial charge in [-0.1, -0.05) is 24.3 Å². The van der Waals surface area contributed by atoms with Crippen molar-refractivity contribution < 1.29 is 9.59 Å². The molecule has 2 amide bonds. The van der Waals surface area contributed by atoms with Gasteiger partial charge in [0.1, 0.15) is 0 Å². The molecule has 1 spiro atoms. The topological polar surface area (TPSA) is 49.4 Å². The van der Waals surface area contributed by atoms with Crippen molar-refractivity contribution in [2.24, 2.45) is 0 Å². The summed E-state index contributed by atoms with van der Waals surface area (Å²) >= 11 is 1.41. The summed E-state index contributed by atoms with van der Waals surface area (Å²) in [7, 11) is 0. The first-order chi connectivity index (χ1) is 11.4. The van der Waals surface area contributed by atoms with Gasteiger partial charge >= 0.3 is 0 Å². The number of amides is 2. The Hall–Kier alpha value is -2.27. The van der Waals surface area contributed by atoms with Crippen molar-refractivity contribution in [2.45, 2.75) is 30.9 Å². The summed E-state index contributed by atoms with van der Waals surface area (Å²) in [5, 5.41) is 2.67. The molecule has 0 radical (unpaired) electrons. The highest BCUT2D eigenvalue weighted by Gasteiger charge is 2.60. The van der Waals surface area contributed by atoms with Crippen LogP contribution in [0, 0.1) is 13.8 Å². The number of rotatable bonds is 1. The quantitative estimate of drug-likeness (QED) is 0.865. The minimum Gasteiger partial charge on any atom is -0.323 e. The van der Waals surface area contributed by atoms with Crippen LogP contribution >= 0.6 is 11.8 Å². The zero-order valence-corrected chi connectivity index (χ0v) is 14.6. The third kappa shape index (κ3) is 1.88. The molecule has 2 atom stereocenters. The monoisotopic (exact) mass is 338 g/mol. The number of carbonyl (C=O) groups is 2. The van der Waals surface area contributed by atoms with Gasteiger partial charge in [0, 0.05) is 16.9 Å². The number of aryl methyl sites for hydroxylation is 2. The first kappa shape index (κ1) is 15.3. The van der Waals surface area contributed by atoms with E-state index in [1.165, 1.54) is 11.8 Å². The number of nitrogens with one attached hydrogen (secondary N) is 1. The van der Waals surface area contributed by atoms with E-state index in [1.54, 1.807) is 4.90 Å². The normalized spacial score (nSPS) is 25.3. The number of carbonyl (C=O) groups excluding carboxylic acids is 2. The highest BCUT2D eigenvalue weighted by molar-refractivity contribution is 8.03. The van der Waals surface area contributed by atoms with Gasteiger partial charge in [0.15, 0.2) is 0 Å². The zero-order chi connectivity index (χ0) is 17.1. The number of nitrogens with zero attached hydrogens (tertiary/aromatic N) is 1. The Bertz CT molecular complexity index is 879. The lowest BCUT2D eigenvalue weighted by Gasteiger charge is -2.32. The Morgan fingerprint density at radius 2 is 1.83 bits per heavy atom. The molecule has 2 aliphatic rings. The predicted octanol–water partition coefficient (Wildman–Crippen LogP) is 3.58. The molecule has 0 bridgehead atoms. The molecule has 1 N–H and O–H groups in total. The van der Waals surface area contributed by atoms with Crippen LogP contribution in [-0.2, 0) is 14.5 Å². The van der Waals surface area contributed by atoms with Gasteiger partial charge < -0.3 is 5.32 Å². The average Bonchev–Trinajstić information content (AvgIpc) is 2.98. The largest absolute Gasteiger partial charge is 0.323 e. The van der Waals surface area contributed by atoms with E-state index in [1.807, 2.05) is 63.2 Å². The van der Waals surface area contributed by atoms with Crippen LogP contribution in [0.5, 0.6) is 0 Å².